The summed E-state index contributed by atoms with van der Waals surface area (Å²) in [5, 5.41) is 10.4. The van der Waals surface area contributed by atoms with E-state index in [1.54, 1.807) is 0 Å². The van der Waals surface area contributed by atoms with Gasteiger partial charge in [-0.05, 0) is 61.2 Å². The van der Waals surface area contributed by atoms with Crippen LogP contribution in [0.25, 0.3) is 0 Å². The number of methoxy groups -OCH3 is 1. The summed E-state index contributed by atoms with van der Waals surface area (Å²) in [6.07, 6.45) is 6.97. The van der Waals surface area contributed by atoms with Crippen LogP contribution in [0.5, 0.6) is 0 Å². The number of allylic oxidation sites excluding steroid dienone is 2. The van der Waals surface area contributed by atoms with Crippen LogP contribution < -0.4 is 0 Å². The van der Waals surface area contributed by atoms with Gasteiger partial charge in [0.1, 0.15) is 0 Å². The van der Waals surface area contributed by atoms with Crippen molar-refractivity contribution in [2.45, 2.75) is 64.9 Å². The van der Waals surface area contributed by atoms with Crippen molar-refractivity contribution in [3.05, 3.63) is 23.2 Å². The number of epoxide rings is 1. The molecule has 1 heterocycles. The number of ketones is 2. The van der Waals surface area contributed by atoms with Crippen LogP contribution in [0.1, 0.15) is 59.3 Å². The van der Waals surface area contributed by atoms with Crippen LogP contribution in [0.3, 0.4) is 0 Å². The zero-order valence-electron chi connectivity index (χ0n) is 16.8. The van der Waals surface area contributed by atoms with Gasteiger partial charge in [0.15, 0.2) is 11.5 Å². The maximum Gasteiger partial charge on any atom is 0.227 e. The highest BCUT2D eigenvalue weighted by Gasteiger charge is 2.61. The lowest BCUT2D eigenvalue weighted by Gasteiger charge is -2.59. The lowest BCUT2D eigenvalue weighted by Crippen LogP contribution is -2.52. The van der Waals surface area contributed by atoms with E-state index in [4.69, 9.17) is 9.47 Å². The predicted octanol–water partition coefficient (Wildman–Crippen LogP) is 3.88. The molecular weight excluding hydrogens is 344 g/mol. The number of aliphatic hydroxyl groups excluding tert-OH is 1. The van der Waals surface area contributed by atoms with Gasteiger partial charge in [-0.1, -0.05) is 20.8 Å². The van der Waals surface area contributed by atoms with Crippen molar-refractivity contribution < 1.29 is 24.2 Å². The molecule has 0 aromatic heterocycles. The van der Waals surface area contributed by atoms with Crippen LogP contribution in [-0.4, -0.2) is 36.0 Å². The molecule has 3 fully saturated rings. The van der Waals surface area contributed by atoms with E-state index in [-0.39, 0.29) is 33.5 Å². The highest BCUT2D eigenvalue weighted by molar-refractivity contribution is 6.20. The van der Waals surface area contributed by atoms with E-state index in [1.165, 1.54) is 13.5 Å². The molecule has 148 valence electrons. The van der Waals surface area contributed by atoms with E-state index in [0.29, 0.717) is 18.3 Å². The Morgan fingerprint density at radius 2 is 1.96 bits per heavy atom. The van der Waals surface area contributed by atoms with E-state index in [1.807, 2.05) is 0 Å². The molecule has 27 heavy (non-hydrogen) atoms. The first-order valence-electron chi connectivity index (χ1n) is 10.0. The number of hydrogen-bond acceptors (Lipinski definition) is 5. The van der Waals surface area contributed by atoms with Gasteiger partial charge in [-0.15, -0.1) is 0 Å². The van der Waals surface area contributed by atoms with Crippen molar-refractivity contribution in [3.8, 4) is 0 Å². The highest BCUT2D eigenvalue weighted by Crippen LogP contribution is 2.65. The maximum atomic E-state index is 12.8. The minimum Gasteiger partial charge on any atom is -0.504 e. The van der Waals surface area contributed by atoms with Gasteiger partial charge in [0.2, 0.25) is 11.6 Å². The van der Waals surface area contributed by atoms with Crippen LogP contribution in [-0.2, 0) is 19.1 Å². The van der Waals surface area contributed by atoms with Crippen molar-refractivity contribution in [2.24, 2.45) is 22.7 Å². The molecule has 0 aromatic carbocycles. The van der Waals surface area contributed by atoms with E-state index >= 15 is 0 Å². The second kappa shape index (κ2) is 5.94. The number of carbonyl (C=O) groups is 2. The molecule has 5 nitrogen and oxygen atoms in total. The third kappa shape index (κ3) is 2.77. The Bertz CT molecular complexity index is 759. The summed E-state index contributed by atoms with van der Waals surface area (Å²) in [6.45, 7) is 7.74. The van der Waals surface area contributed by atoms with E-state index in [0.717, 1.165) is 38.4 Å². The molecule has 0 amide bonds. The summed E-state index contributed by atoms with van der Waals surface area (Å²) in [5.41, 5.74) is 0.338. The number of rotatable bonds is 3. The Morgan fingerprint density at radius 1 is 1.26 bits per heavy atom. The molecule has 0 unspecified atom stereocenters. The lowest BCUT2D eigenvalue weighted by molar-refractivity contribution is -0.122. The van der Waals surface area contributed by atoms with Crippen LogP contribution in [0.15, 0.2) is 23.2 Å². The van der Waals surface area contributed by atoms with E-state index < -0.39 is 11.5 Å². The average molecular weight is 374 g/mol. The molecule has 5 atom stereocenters. The van der Waals surface area contributed by atoms with E-state index in [2.05, 4.69) is 20.8 Å². The first kappa shape index (κ1) is 18.7. The normalized spacial score (nSPS) is 44.2. The van der Waals surface area contributed by atoms with Gasteiger partial charge >= 0.3 is 0 Å². The molecule has 4 rings (SSSR count). The minimum atomic E-state index is -0.537. The van der Waals surface area contributed by atoms with Crippen LogP contribution in [0, 0.1) is 22.7 Å². The molecule has 5 heteroatoms. The van der Waals surface area contributed by atoms with Gasteiger partial charge in [0.05, 0.1) is 19.3 Å². The topological polar surface area (TPSA) is 76.1 Å². The predicted molar refractivity (Wildman–Crippen MR) is 100 cm³/mol. The van der Waals surface area contributed by atoms with Crippen molar-refractivity contribution >= 4 is 11.6 Å². The molecule has 1 N–H and O–H groups in total. The fourth-order valence-corrected chi connectivity index (χ4v) is 6.31. The number of fused-ring (bicyclic) bond motifs is 1. The summed E-state index contributed by atoms with van der Waals surface area (Å²) in [5.74, 6) is -0.428. The lowest BCUT2D eigenvalue weighted by atomic mass is 9.45. The molecular formula is C22H30O5. The minimum absolute atomic E-state index is 0.0246. The van der Waals surface area contributed by atoms with Gasteiger partial charge in [-0.25, -0.2) is 0 Å². The molecule has 3 aliphatic carbocycles. The third-order valence-electron chi connectivity index (χ3n) is 8.14. The second-order valence-corrected chi connectivity index (χ2v) is 9.75. The molecule has 0 radical (unpaired) electrons. The largest absolute Gasteiger partial charge is 0.504 e. The molecule has 1 spiro atoms. The third-order valence-corrected chi connectivity index (χ3v) is 8.14. The molecule has 0 bridgehead atoms. The van der Waals surface area contributed by atoms with E-state index in [9.17, 15) is 14.7 Å². The zero-order valence-corrected chi connectivity index (χ0v) is 16.8. The maximum absolute atomic E-state index is 12.8. The SMILES string of the molecule is COC1=CC(=O)C(O)=C(C[C@@]2(C)[C@@H]3CC[C@]4(CO4)C[C@@]3(C)CC[C@@H]2C)C1=O. The van der Waals surface area contributed by atoms with Crippen LogP contribution in [0.2, 0.25) is 0 Å². The molecule has 4 aliphatic rings. The van der Waals surface area contributed by atoms with Crippen LogP contribution in [0.4, 0.5) is 0 Å². The van der Waals surface area contributed by atoms with Gasteiger partial charge < -0.3 is 14.6 Å². The summed E-state index contributed by atoms with van der Waals surface area (Å²) >= 11 is 0. The Balaban J connectivity index is 1.68. The Morgan fingerprint density at radius 3 is 2.59 bits per heavy atom. The number of Topliss-reactive ketones (excluding diaryl/α,β-unsaturated/α-hetero) is 1. The summed E-state index contributed by atoms with van der Waals surface area (Å²) < 4.78 is 10.9. The van der Waals surface area contributed by atoms with Gasteiger partial charge in [-0.3, -0.25) is 9.59 Å². The smallest absolute Gasteiger partial charge is 0.227 e. The standard InChI is InChI=1S/C22H30O5/c1-13-5-7-20(2)11-22(12-27-22)8-6-17(20)21(13,3)10-14-18(24)15(23)9-16(26-4)19(14)25/h9,13,17,24H,5-8,10-12H2,1-4H3/t13-,17+,20+,21+,22+/m0/s1. The van der Waals surface area contributed by atoms with Crippen molar-refractivity contribution in [1.82, 2.24) is 0 Å². The fourth-order valence-electron chi connectivity index (χ4n) is 6.31. The summed E-state index contributed by atoms with van der Waals surface area (Å²) in [6, 6.07) is 0. The second-order valence-electron chi connectivity index (χ2n) is 9.75. The average Bonchev–Trinajstić information content (AvgIpc) is 3.37. The number of hydrogen-bond donors (Lipinski definition) is 1. The van der Waals surface area contributed by atoms with Gasteiger partial charge in [0.25, 0.3) is 0 Å². The number of aliphatic hydroxyl groups is 1. The molecule has 1 saturated heterocycles. The van der Waals surface area contributed by atoms with Crippen molar-refractivity contribution in [2.75, 3.05) is 13.7 Å². The quantitative estimate of drug-likeness (QED) is 0.599. The first-order chi connectivity index (χ1) is 12.6. The summed E-state index contributed by atoms with van der Waals surface area (Å²) in [4.78, 5) is 25.0. The number of ether oxygens (including phenoxy) is 2. The monoisotopic (exact) mass is 374 g/mol. The fraction of sp³-hybridized carbons (Fsp3) is 0.727. The summed E-state index contributed by atoms with van der Waals surface area (Å²) in [7, 11) is 1.38. The van der Waals surface area contributed by atoms with Gasteiger partial charge in [0, 0.05) is 11.6 Å². The molecule has 0 aromatic rings. The number of carbonyl (C=O) groups excluding carboxylic acids is 2. The van der Waals surface area contributed by atoms with Crippen LogP contribution >= 0.6 is 0 Å². The van der Waals surface area contributed by atoms with Gasteiger partial charge in [-0.2, -0.15) is 0 Å². The molecule has 1 aliphatic heterocycles. The molecule has 2 saturated carbocycles. The highest BCUT2D eigenvalue weighted by atomic mass is 16.6. The van der Waals surface area contributed by atoms with Crippen molar-refractivity contribution in [1.29, 1.82) is 0 Å². The Kier molecular flexibility index (Phi) is 4.12. The van der Waals surface area contributed by atoms with Crippen molar-refractivity contribution in [3.63, 3.8) is 0 Å². The zero-order chi connectivity index (χ0) is 19.6. The Labute approximate surface area is 160 Å². The Hall–Kier alpha value is -1.62. The first-order valence-corrected chi connectivity index (χ1v) is 10.0.